The Morgan fingerprint density at radius 2 is 2.11 bits per heavy atom. The highest BCUT2D eigenvalue weighted by atomic mass is 32.1. The van der Waals surface area contributed by atoms with Crippen molar-refractivity contribution >= 4 is 22.4 Å². The van der Waals surface area contributed by atoms with E-state index < -0.39 is 0 Å². The van der Waals surface area contributed by atoms with Crippen LogP contribution in [0, 0.1) is 0 Å². The second-order valence-corrected chi connectivity index (χ2v) is 5.40. The van der Waals surface area contributed by atoms with Crippen molar-refractivity contribution in [3.63, 3.8) is 0 Å². The predicted molar refractivity (Wildman–Crippen MR) is 78.0 cm³/mol. The molecule has 0 radical (unpaired) electrons. The quantitative estimate of drug-likeness (QED) is 0.803. The number of amides is 1. The van der Waals surface area contributed by atoms with Gasteiger partial charge in [0, 0.05) is 34.2 Å². The first-order valence-corrected chi connectivity index (χ1v) is 6.96. The second-order valence-electron chi connectivity index (χ2n) is 4.33. The number of hydrogen-bond donors (Lipinski definition) is 1. The normalized spacial score (nSPS) is 10.4. The number of likely N-dealkylation sites (N-methyl/N-ethyl adjacent to an activating group) is 1. The summed E-state index contributed by atoms with van der Waals surface area (Å²) >= 11 is 1.56. The van der Waals surface area contributed by atoms with Crippen molar-refractivity contribution in [2.75, 3.05) is 46.2 Å². The van der Waals surface area contributed by atoms with Crippen LogP contribution in [0.1, 0.15) is 11.8 Å². The minimum atomic E-state index is 0.0822. The Hall–Kier alpha value is -1.34. The number of carbonyl (C=O) groups excluding carboxylic acids is 1. The summed E-state index contributed by atoms with van der Waals surface area (Å²) in [4.78, 5) is 20.6. The van der Waals surface area contributed by atoms with Crippen LogP contribution < -0.4 is 15.0 Å². The van der Waals surface area contributed by atoms with E-state index in [0.717, 1.165) is 16.6 Å². The first-order valence-electron chi connectivity index (χ1n) is 6.15. The number of rotatable bonds is 7. The summed E-state index contributed by atoms with van der Waals surface area (Å²) in [5, 5.41) is 4.02. The average Bonchev–Trinajstić information content (AvgIpc) is 2.81. The third-order valence-electron chi connectivity index (χ3n) is 2.69. The lowest BCUT2D eigenvalue weighted by Gasteiger charge is -2.14. The van der Waals surface area contributed by atoms with Crippen molar-refractivity contribution in [2.45, 2.75) is 13.5 Å². The molecule has 1 rings (SSSR count). The summed E-state index contributed by atoms with van der Waals surface area (Å²) in [5.74, 6) is 0.705. The van der Waals surface area contributed by atoms with Gasteiger partial charge in [0.2, 0.25) is 11.8 Å². The van der Waals surface area contributed by atoms with Crippen LogP contribution in [0.2, 0.25) is 0 Å². The van der Waals surface area contributed by atoms with Gasteiger partial charge in [0.05, 0.1) is 18.5 Å². The summed E-state index contributed by atoms with van der Waals surface area (Å²) in [6, 6.07) is 0. The van der Waals surface area contributed by atoms with Crippen molar-refractivity contribution in [2.24, 2.45) is 0 Å². The summed E-state index contributed by atoms with van der Waals surface area (Å²) < 4.78 is 5.24. The highest BCUT2D eigenvalue weighted by molar-refractivity contribution is 7.15. The molecule has 0 unspecified atom stereocenters. The zero-order valence-electron chi connectivity index (χ0n) is 12.2. The van der Waals surface area contributed by atoms with Crippen LogP contribution in [-0.2, 0) is 11.3 Å². The van der Waals surface area contributed by atoms with Gasteiger partial charge in [-0.2, -0.15) is 4.98 Å². The summed E-state index contributed by atoms with van der Waals surface area (Å²) in [5.41, 5.74) is 0. The van der Waals surface area contributed by atoms with Gasteiger partial charge in [0.1, 0.15) is 0 Å². The Bertz CT molecular complexity index is 420. The summed E-state index contributed by atoms with van der Waals surface area (Å²) in [6.45, 7) is 3.57. The van der Waals surface area contributed by atoms with E-state index in [1.54, 1.807) is 30.4 Å². The monoisotopic (exact) mass is 286 g/mol. The van der Waals surface area contributed by atoms with Gasteiger partial charge >= 0.3 is 0 Å². The number of anilines is 1. The number of thiazole rings is 1. The van der Waals surface area contributed by atoms with Crippen molar-refractivity contribution in [3.05, 3.63) is 4.88 Å². The minimum Gasteiger partial charge on any atom is -0.480 e. The van der Waals surface area contributed by atoms with Crippen LogP contribution >= 0.6 is 11.3 Å². The topological polar surface area (TPSA) is 57.7 Å². The third kappa shape index (κ3) is 4.36. The maximum atomic E-state index is 11.6. The lowest BCUT2D eigenvalue weighted by atomic mass is 10.4. The molecular weight excluding hydrogens is 264 g/mol. The standard InChI is InChI=1S/C12H22N4O2S/c1-6-16(4)10(17)8-13-7-9-11(18-5)14-12(19-9)15(2)3/h13H,6-8H2,1-5H3. The van der Waals surface area contributed by atoms with E-state index in [0.29, 0.717) is 19.0 Å². The molecule has 0 bridgehead atoms. The molecule has 108 valence electrons. The molecule has 1 heterocycles. The van der Waals surface area contributed by atoms with Crippen LogP contribution in [0.5, 0.6) is 5.88 Å². The maximum absolute atomic E-state index is 11.6. The van der Waals surface area contributed by atoms with Gasteiger partial charge in [-0.15, -0.1) is 0 Å². The number of methoxy groups -OCH3 is 1. The lowest BCUT2D eigenvalue weighted by molar-refractivity contribution is -0.128. The number of aromatic nitrogens is 1. The number of ether oxygens (including phenoxy) is 1. The second kappa shape index (κ2) is 7.30. The number of nitrogens with one attached hydrogen (secondary N) is 1. The van der Waals surface area contributed by atoms with Crippen molar-refractivity contribution < 1.29 is 9.53 Å². The smallest absolute Gasteiger partial charge is 0.236 e. The van der Waals surface area contributed by atoms with Crippen molar-refractivity contribution in [1.82, 2.24) is 15.2 Å². The van der Waals surface area contributed by atoms with Crippen molar-refractivity contribution in [3.8, 4) is 5.88 Å². The summed E-state index contributed by atoms with van der Waals surface area (Å²) in [6.07, 6.45) is 0. The van der Waals surface area contributed by atoms with Crippen molar-refractivity contribution in [1.29, 1.82) is 0 Å². The van der Waals surface area contributed by atoms with Crippen LogP contribution in [0.4, 0.5) is 5.13 Å². The molecule has 0 fully saturated rings. The molecule has 0 aliphatic carbocycles. The Balaban J connectivity index is 2.55. The molecule has 7 heteroatoms. The van der Waals surface area contributed by atoms with Gasteiger partial charge in [0.25, 0.3) is 0 Å². The fourth-order valence-electron chi connectivity index (χ4n) is 1.38. The molecule has 0 aromatic carbocycles. The highest BCUT2D eigenvalue weighted by Gasteiger charge is 2.13. The van der Waals surface area contributed by atoms with Gasteiger partial charge in [-0.25, -0.2) is 0 Å². The largest absolute Gasteiger partial charge is 0.480 e. The zero-order valence-corrected chi connectivity index (χ0v) is 13.0. The van der Waals surface area contributed by atoms with E-state index >= 15 is 0 Å². The molecule has 1 aromatic heterocycles. The third-order valence-corrected chi connectivity index (χ3v) is 3.89. The van der Waals surface area contributed by atoms with E-state index in [1.807, 2.05) is 25.9 Å². The zero-order chi connectivity index (χ0) is 14.4. The molecule has 0 saturated carbocycles. The van der Waals surface area contributed by atoms with Crippen LogP contribution in [-0.4, -0.2) is 57.1 Å². The molecule has 6 nitrogen and oxygen atoms in total. The molecule has 1 aromatic rings. The SMILES string of the molecule is CCN(C)C(=O)CNCc1sc(N(C)C)nc1OC. The van der Waals surface area contributed by atoms with Gasteiger partial charge in [0.15, 0.2) is 5.13 Å². The van der Waals surface area contributed by atoms with Crippen LogP contribution in [0.15, 0.2) is 0 Å². The molecule has 0 saturated heterocycles. The minimum absolute atomic E-state index is 0.0822. The molecule has 0 atom stereocenters. The first-order chi connectivity index (χ1) is 8.99. The fraction of sp³-hybridized carbons (Fsp3) is 0.667. The highest BCUT2D eigenvalue weighted by Crippen LogP contribution is 2.29. The molecule has 1 N–H and O–H groups in total. The Morgan fingerprint density at radius 1 is 1.42 bits per heavy atom. The summed E-state index contributed by atoms with van der Waals surface area (Å²) in [7, 11) is 7.28. The Labute approximate surface area is 118 Å². The molecule has 0 spiro atoms. The molecule has 1 amide bonds. The van der Waals surface area contributed by atoms with Crippen LogP contribution in [0.3, 0.4) is 0 Å². The number of nitrogens with zero attached hydrogens (tertiary/aromatic N) is 3. The molecular formula is C12H22N4O2S. The molecule has 19 heavy (non-hydrogen) atoms. The first kappa shape index (κ1) is 15.7. The number of hydrogen-bond acceptors (Lipinski definition) is 6. The van der Waals surface area contributed by atoms with Gasteiger partial charge in [-0.3, -0.25) is 4.79 Å². The van der Waals surface area contributed by atoms with Crippen LogP contribution in [0.25, 0.3) is 0 Å². The predicted octanol–water partition coefficient (Wildman–Crippen LogP) is 0.786. The fourth-order valence-corrected chi connectivity index (χ4v) is 2.30. The van der Waals surface area contributed by atoms with Gasteiger partial charge in [-0.05, 0) is 6.92 Å². The van der Waals surface area contributed by atoms with E-state index in [2.05, 4.69) is 10.3 Å². The Kier molecular flexibility index (Phi) is 6.04. The lowest BCUT2D eigenvalue weighted by Crippen LogP contribution is -2.35. The molecule has 0 aliphatic rings. The van der Waals surface area contributed by atoms with E-state index in [1.165, 1.54) is 0 Å². The van der Waals surface area contributed by atoms with Gasteiger partial charge < -0.3 is 19.9 Å². The maximum Gasteiger partial charge on any atom is 0.236 e. The molecule has 0 aliphatic heterocycles. The average molecular weight is 286 g/mol. The number of carbonyl (C=O) groups is 1. The van der Waals surface area contributed by atoms with E-state index in [9.17, 15) is 4.79 Å². The Morgan fingerprint density at radius 3 is 2.63 bits per heavy atom. The van der Waals surface area contributed by atoms with E-state index in [-0.39, 0.29) is 5.91 Å². The van der Waals surface area contributed by atoms with Gasteiger partial charge in [-0.1, -0.05) is 11.3 Å². The van der Waals surface area contributed by atoms with E-state index in [4.69, 9.17) is 4.74 Å².